The lowest BCUT2D eigenvalue weighted by Gasteiger charge is -2.09. The molecule has 4 nitrogen and oxygen atoms in total. The number of halogens is 1. The smallest absolute Gasteiger partial charge is 0.338 e. The fourth-order valence-electron chi connectivity index (χ4n) is 1.92. The molecule has 0 aliphatic carbocycles. The summed E-state index contributed by atoms with van der Waals surface area (Å²) in [5, 5.41) is 11.2. The zero-order chi connectivity index (χ0) is 14.8. The van der Waals surface area contributed by atoms with Gasteiger partial charge in [-0.2, -0.15) is 0 Å². The van der Waals surface area contributed by atoms with Gasteiger partial charge in [0.05, 0.1) is 16.1 Å². The number of para-hydroxylation sites is 1. The van der Waals surface area contributed by atoms with Crippen LogP contribution in [-0.4, -0.2) is 21.0 Å². The van der Waals surface area contributed by atoms with Crippen molar-refractivity contribution in [2.45, 2.75) is 9.92 Å². The molecule has 3 rings (SSSR count). The highest BCUT2D eigenvalue weighted by Gasteiger charge is 2.17. The first-order valence-corrected chi connectivity index (χ1v) is 7.25. The highest BCUT2D eigenvalue weighted by Crippen LogP contribution is 2.37. The third-order valence-corrected chi connectivity index (χ3v) is 4.46. The van der Waals surface area contributed by atoms with Gasteiger partial charge in [0.25, 0.3) is 0 Å². The Labute approximate surface area is 129 Å². The quantitative estimate of drug-likeness (QED) is 0.787. The number of aromatic carboxylic acids is 1. The second-order valence-corrected chi connectivity index (χ2v) is 5.62. The van der Waals surface area contributed by atoms with Crippen LogP contribution < -0.4 is 0 Å². The van der Waals surface area contributed by atoms with Gasteiger partial charge in [0.15, 0.2) is 0 Å². The molecule has 2 aromatic heterocycles. The second-order valence-electron chi connectivity index (χ2n) is 4.22. The molecular weight excluding hydrogens is 308 g/mol. The van der Waals surface area contributed by atoms with Gasteiger partial charge in [-0.15, -0.1) is 0 Å². The number of benzene rings is 1. The summed E-state index contributed by atoms with van der Waals surface area (Å²) >= 11 is 7.35. The molecule has 2 heterocycles. The van der Waals surface area contributed by atoms with E-state index in [-0.39, 0.29) is 5.56 Å². The third kappa shape index (κ3) is 2.70. The van der Waals surface area contributed by atoms with Crippen LogP contribution in [0.1, 0.15) is 10.4 Å². The standard InChI is InChI=1S/C15H9ClN2O2S/c16-11-5-3-7-17-14(11)21-13-9-4-1-2-6-12(9)18-8-10(13)15(19)20/h1-8H,(H,19,20). The number of pyridine rings is 2. The van der Waals surface area contributed by atoms with E-state index in [0.717, 1.165) is 10.9 Å². The van der Waals surface area contributed by atoms with Gasteiger partial charge in [0.1, 0.15) is 5.03 Å². The van der Waals surface area contributed by atoms with E-state index in [4.69, 9.17) is 11.6 Å². The molecule has 1 N–H and O–H groups in total. The molecule has 0 aliphatic rings. The maximum atomic E-state index is 11.4. The average molecular weight is 317 g/mol. The van der Waals surface area contributed by atoms with E-state index in [1.807, 2.05) is 24.3 Å². The molecular formula is C15H9ClN2O2S. The molecule has 104 valence electrons. The SMILES string of the molecule is O=C(O)c1cnc2ccccc2c1Sc1ncccc1Cl. The summed E-state index contributed by atoms with van der Waals surface area (Å²) in [6.07, 6.45) is 2.99. The summed E-state index contributed by atoms with van der Waals surface area (Å²) < 4.78 is 0. The number of carbonyl (C=O) groups is 1. The van der Waals surface area contributed by atoms with Crippen LogP contribution in [0.15, 0.2) is 58.7 Å². The van der Waals surface area contributed by atoms with Crippen LogP contribution in [0.3, 0.4) is 0 Å². The molecule has 0 fully saturated rings. The number of rotatable bonds is 3. The van der Waals surface area contributed by atoms with Crippen molar-refractivity contribution in [3.8, 4) is 0 Å². The van der Waals surface area contributed by atoms with E-state index in [1.54, 1.807) is 18.3 Å². The maximum Gasteiger partial charge on any atom is 0.338 e. The van der Waals surface area contributed by atoms with Crippen LogP contribution >= 0.6 is 23.4 Å². The van der Waals surface area contributed by atoms with Crippen molar-refractivity contribution in [2.75, 3.05) is 0 Å². The van der Waals surface area contributed by atoms with Gasteiger partial charge >= 0.3 is 5.97 Å². The first-order chi connectivity index (χ1) is 10.2. The van der Waals surface area contributed by atoms with Crippen molar-refractivity contribution < 1.29 is 9.90 Å². The number of hydrogen-bond donors (Lipinski definition) is 1. The minimum absolute atomic E-state index is 0.139. The Morgan fingerprint density at radius 2 is 1.95 bits per heavy atom. The topological polar surface area (TPSA) is 63.1 Å². The summed E-state index contributed by atoms with van der Waals surface area (Å²) in [5.74, 6) is -1.03. The highest BCUT2D eigenvalue weighted by atomic mass is 35.5. The Bertz CT molecular complexity index is 839. The Balaban J connectivity index is 2.21. The zero-order valence-corrected chi connectivity index (χ0v) is 12.2. The largest absolute Gasteiger partial charge is 0.478 e. The lowest BCUT2D eigenvalue weighted by atomic mass is 10.1. The van der Waals surface area contributed by atoms with Gasteiger partial charge in [-0.1, -0.05) is 41.6 Å². The van der Waals surface area contributed by atoms with Crippen LogP contribution in [0.2, 0.25) is 5.02 Å². The Hall–Kier alpha value is -2.11. The lowest BCUT2D eigenvalue weighted by molar-refractivity contribution is 0.0693. The second kappa shape index (κ2) is 5.71. The summed E-state index contributed by atoms with van der Waals surface area (Å²) in [7, 11) is 0. The Morgan fingerprint density at radius 1 is 1.14 bits per heavy atom. The number of fused-ring (bicyclic) bond motifs is 1. The molecule has 0 unspecified atom stereocenters. The number of carboxylic acids is 1. The van der Waals surface area contributed by atoms with Gasteiger partial charge in [-0.3, -0.25) is 4.98 Å². The van der Waals surface area contributed by atoms with E-state index in [9.17, 15) is 9.90 Å². The predicted octanol–water partition coefficient (Wildman–Crippen LogP) is 4.13. The van der Waals surface area contributed by atoms with E-state index < -0.39 is 5.97 Å². The Morgan fingerprint density at radius 3 is 2.71 bits per heavy atom. The molecule has 0 saturated carbocycles. The molecule has 0 saturated heterocycles. The minimum Gasteiger partial charge on any atom is -0.478 e. The van der Waals surface area contributed by atoms with E-state index >= 15 is 0 Å². The van der Waals surface area contributed by atoms with Crippen molar-refractivity contribution in [2.24, 2.45) is 0 Å². The number of carboxylic acid groups (broad SMARTS) is 1. The molecule has 1 aromatic carbocycles. The summed E-state index contributed by atoms with van der Waals surface area (Å²) in [6, 6.07) is 10.8. The van der Waals surface area contributed by atoms with E-state index in [0.29, 0.717) is 14.9 Å². The molecule has 0 spiro atoms. The molecule has 3 aromatic rings. The molecule has 0 radical (unpaired) electrons. The monoisotopic (exact) mass is 316 g/mol. The van der Waals surface area contributed by atoms with Crippen LogP contribution in [0.5, 0.6) is 0 Å². The van der Waals surface area contributed by atoms with Crippen molar-refractivity contribution in [3.05, 3.63) is 59.4 Å². The third-order valence-electron chi connectivity index (χ3n) is 2.88. The Kier molecular flexibility index (Phi) is 3.77. The molecule has 0 amide bonds. The van der Waals surface area contributed by atoms with E-state index in [1.165, 1.54) is 18.0 Å². The van der Waals surface area contributed by atoms with Crippen LogP contribution in [0.25, 0.3) is 10.9 Å². The maximum absolute atomic E-state index is 11.4. The number of hydrogen-bond acceptors (Lipinski definition) is 4. The summed E-state index contributed by atoms with van der Waals surface area (Å²) in [5.41, 5.74) is 0.873. The average Bonchev–Trinajstić information content (AvgIpc) is 2.49. The molecule has 0 aliphatic heterocycles. The van der Waals surface area contributed by atoms with Crippen molar-refractivity contribution in [3.63, 3.8) is 0 Å². The summed E-state index contributed by atoms with van der Waals surface area (Å²) in [6.45, 7) is 0. The van der Waals surface area contributed by atoms with Gasteiger partial charge in [0.2, 0.25) is 0 Å². The fraction of sp³-hybridized carbons (Fsp3) is 0. The predicted molar refractivity (Wildman–Crippen MR) is 82.1 cm³/mol. The van der Waals surface area contributed by atoms with Crippen LogP contribution in [0.4, 0.5) is 0 Å². The van der Waals surface area contributed by atoms with Gasteiger partial charge < -0.3 is 5.11 Å². The van der Waals surface area contributed by atoms with Crippen molar-refractivity contribution >= 4 is 40.2 Å². The van der Waals surface area contributed by atoms with E-state index in [2.05, 4.69) is 9.97 Å². The van der Waals surface area contributed by atoms with Gasteiger partial charge in [0, 0.05) is 22.7 Å². The van der Waals surface area contributed by atoms with Crippen LogP contribution in [-0.2, 0) is 0 Å². The fourth-order valence-corrected chi connectivity index (χ4v) is 3.16. The first kappa shape index (κ1) is 13.9. The van der Waals surface area contributed by atoms with Crippen LogP contribution in [0, 0.1) is 0 Å². The zero-order valence-electron chi connectivity index (χ0n) is 10.7. The van der Waals surface area contributed by atoms with Gasteiger partial charge in [-0.05, 0) is 18.2 Å². The number of nitrogens with zero attached hydrogens (tertiary/aromatic N) is 2. The minimum atomic E-state index is -1.03. The lowest BCUT2D eigenvalue weighted by Crippen LogP contribution is -2.01. The summed E-state index contributed by atoms with van der Waals surface area (Å²) in [4.78, 5) is 20.4. The van der Waals surface area contributed by atoms with Crippen molar-refractivity contribution in [1.29, 1.82) is 0 Å². The van der Waals surface area contributed by atoms with Crippen molar-refractivity contribution in [1.82, 2.24) is 9.97 Å². The van der Waals surface area contributed by atoms with Gasteiger partial charge in [-0.25, -0.2) is 9.78 Å². The normalized spacial score (nSPS) is 10.7. The molecule has 21 heavy (non-hydrogen) atoms. The first-order valence-electron chi connectivity index (χ1n) is 6.06. The highest BCUT2D eigenvalue weighted by molar-refractivity contribution is 7.99. The molecule has 0 atom stereocenters. The molecule has 6 heteroatoms. The molecule has 0 bridgehead atoms. The number of aromatic nitrogens is 2.